The first-order chi connectivity index (χ1) is 9.17. The van der Waals surface area contributed by atoms with E-state index in [1.165, 1.54) is 4.88 Å². The molecule has 0 aliphatic heterocycles. The number of halogens is 1. The molecule has 0 aliphatic rings. The molecule has 0 spiro atoms. The van der Waals surface area contributed by atoms with Gasteiger partial charge < -0.3 is 15.4 Å². The molecule has 1 rings (SSSR count). The summed E-state index contributed by atoms with van der Waals surface area (Å²) in [5.41, 5.74) is 1.14. The van der Waals surface area contributed by atoms with Gasteiger partial charge in [-0.2, -0.15) is 0 Å². The molecular weight excluding hydrogens is 387 g/mol. The number of ether oxygens (including phenoxy) is 1. The number of aliphatic imine (C=N–C) groups is 1. The molecule has 116 valence electrons. The van der Waals surface area contributed by atoms with Gasteiger partial charge in [-0.25, -0.2) is 4.98 Å². The van der Waals surface area contributed by atoms with Crippen LogP contribution in [0.5, 0.6) is 0 Å². The van der Waals surface area contributed by atoms with Gasteiger partial charge in [0.25, 0.3) is 0 Å². The Kier molecular flexibility index (Phi) is 11.0. The van der Waals surface area contributed by atoms with Crippen molar-refractivity contribution in [2.45, 2.75) is 27.2 Å². The zero-order valence-electron chi connectivity index (χ0n) is 12.7. The van der Waals surface area contributed by atoms with Gasteiger partial charge in [-0.15, -0.1) is 35.3 Å². The van der Waals surface area contributed by atoms with Crippen LogP contribution in [0.15, 0.2) is 4.99 Å². The van der Waals surface area contributed by atoms with Gasteiger partial charge >= 0.3 is 0 Å². The maximum Gasteiger partial charge on any atom is 0.191 e. The Morgan fingerprint density at radius 3 is 2.55 bits per heavy atom. The molecule has 0 unspecified atom stereocenters. The molecule has 5 nitrogen and oxygen atoms in total. The summed E-state index contributed by atoms with van der Waals surface area (Å²) >= 11 is 1.77. The SMILES string of the molecule is CCOCCNC(=NC)NCCc1sc(C)nc1C.I. The Labute approximate surface area is 142 Å². The normalized spacial score (nSPS) is 11.1. The molecule has 7 heteroatoms. The van der Waals surface area contributed by atoms with Crippen LogP contribution in [-0.4, -0.2) is 44.3 Å². The summed E-state index contributed by atoms with van der Waals surface area (Å²) in [6, 6.07) is 0. The van der Waals surface area contributed by atoms with Crippen molar-refractivity contribution < 1.29 is 4.74 Å². The molecule has 0 saturated heterocycles. The third kappa shape index (κ3) is 7.39. The van der Waals surface area contributed by atoms with Gasteiger partial charge in [0.15, 0.2) is 5.96 Å². The molecule has 0 aliphatic carbocycles. The molecule has 1 heterocycles. The maximum atomic E-state index is 5.27. The van der Waals surface area contributed by atoms with E-state index in [0.717, 1.165) is 42.8 Å². The average Bonchev–Trinajstić information content (AvgIpc) is 2.71. The smallest absolute Gasteiger partial charge is 0.191 e. The fraction of sp³-hybridized carbons (Fsp3) is 0.692. The summed E-state index contributed by atoms with van der Waals surface area (Å²) in [6.45, 7) is 9.17. The van der Waals surface area contributed by atoms with Gasteiger partial charge in [0, 0.05) is 38.0 Å². The number of rotatable bonds is 7. The van der Waals surface area contributed by atoms with Gasteiger partial charge in [-0.3, -0.25) is 4.99 Å². The van der Waals surface area contributed by atoms with Crippen molar-refractivity contribution in [3.05, 3.63) is 15.6 Å². The van der Waals surface area contributed by atoms with Gasteiger partial charge in [0.2, 0.25) is 0 Å². The quantitative estimate of drug-likeness (QED) is 0.312. The summed E-state index contributed by atoms with van der Waals surface area (Å²) in [4.78, 5) is 9.94. The third-order valence-electron chi connectivity index (χ3n) is 2.61. The van der Waals surface area contributed by atoms with Crippen molar-refractivity contribution in [2.75, 3.05) is 33.4 Å². The van der Waals surface area contributed by atoms with Crippen molar-refractivity contribution in [2.24, 2.45) is 4.99 Å². The molecular formula is C13H25IN4OS. The van der Waals surface area contributed by atoms with Crippen LogP contribution in [0.1, 0.15) is 22.5 Å². The second-order valence-corrected chi connectivity index (χ2v) is 5.40. The minimum Gasteiger partial charge on any atom is -0.380 e. The number of aromatic nitrogens is 1. The monoisotopic (exact) mass is 412 g/mol. The number of guanidine groups is 1. The van der Waals surface area contributed by atoms with Crippen molar-refractivity contribution in [3.8, 4) is 0 Å². The lowest BCUT2D eigenvalue weighted by Crippen LogP contribution is -2.39. The molecule has 0 atom stereocenters. The molecule has 2 N–H and O–H groups in total. The molecule has 0 bridgehead atoms. The summed E-state index contributed by atoms with van der Waals surface area (Å²) in [6.07, 6.45) is 0.976. The van der Waals surface area contributed by atoms with Crippen LogP contribution >= 0.6 is 35.3 Å². The minimum atomic E-state index is 0. The lowest BCUT2D eigenvalue weighted by atomic mass is 10.3. The summed E-state index contributed by atoms with van der Waals surface area (Å²) < 4.78 is 5.27. The molecule has 1 aromatic heterocycles. The average molecular weight is 412 g/mol. The molecule has 20 heavy (non-hydrogen) atoms. The van der Waals surface area contributed by atoms with Crippen LogP contribution in [0.3, 0.4) is 0 Å². The zero-order chi connectivity index (χ0) is 14.1. The molecule has 0 saturated carbocycles. The fourth-order valence-electron chi connectivity index (χ4n) is 1.71. The van der Waals surface area contributed by atoms with Crippen LogP contribution < -0.4 is 10.6 Å². The first kappa shape index (κ1) is 19.6. The standard InChI is InChI=1S/C13H24N4OS.HI/c1-5-18-9-8-16-13(14-4)15-7-6-12-10(2)17-11(3)19-12;/h5-9H2,1-4H3,(H2,14,15,16);1H. The van der Waals surface area contributed by atoms with Gasteiger partial charge in [0.1, 0.15) is 0 Å². The maximum absolute atomic E-state index is 5.27. The van der Waals surface area contributed by atoms with Crippen LogP contribution in [0.4, 0.5) is 0 Å². The topological polar surface area (TPSA) is 58.5 Å². The number of nitrogens with one attached hydrogen (secondary N) is 2. The number of hydrogen-bond donors (Lipinski definition) is 2. The molecule has 0 radical (unpaired) electrons. The number of aryl methyl sites for hydroxylation is 2. The van der Waals surface area contributed by atoms with Crippen LogP contribution in [0.25, 0.3) is 0 Å². The van der Waals surface area contributed by atoms with Crippen LogP contribution in [0, 0.1) is 13.8 Å². The van der Waals surface area contributed by atoms with E-state index in [1.54, 1.807) is 18.4 Å². The lowest BCUT2D eigenvalue weighted by molar-refractivity contribution is 0.152. The minimum absolute atomic E-state index is 0. The Hall–Kier alpha value is -0.410. The van der Waals surface area contributed by atoms with Gasteiger partial charge in [0.05, 0.1) is 17.3 Å². The van der Waals surface area contributed by atoms with Gasteiger partial charge in [-0.1, -0.05) is 0 Å². The van der Waals surface area contributed by atoms with E-state index in [4.69, 9.17) is 4.74 Å². The van der Waals surface area contributed by atoms with Crippen LogP contribution in [-0.2, 0) is 11.2 Å². The Bertz CT molecular complexity index is 409. The van der Waals surface area contributed by atoms with Crippen LogP contribution in [0.2, 0.25) is 0 Å². The second-order valence-electron chi connectivity index (χ2n) is 4.11. The first-order valence-electron chi connectivity index (χ1n) is 6.62. The fourth-order valence-corrected chi connectivity index (χ4v) is 2.64. The van der Waals surface area contributed by atoms with E-state index in [2.05, 4.69) is 27.5 Å². The highest BCUT2D eigenvalue weighted by Gasteiger charge is 2.04. The third-order valence-corrected chi connectivity index (χ3v) is 3.74. The van der Waals surface area contributed by atoms with E-state index in [0.29, 0.717) is 6.61 Å². The number of hydrogen-bond acceptors (Lipinski definition) is 4. The van der Waals surface area contributed by atoms with Crippen molar-refractivity contribution in [3.63, 3.8) is 0 Å². The molecule has 0 fully saturated rings. The van der Waals surface area contributed by atoms with E-state index in [1.807, 2.05) is 13.8 Å². The highest BCUT2D eigenvalue weighted by molar-refractivity contribution is 14.0. The van der Waals surface area contributed by atoms with E-state index in [9.17, 15) is 0 Å². The first-order valence-corrected chi connectivity index (χ1v) is 7.44. The predicted octanol–water partition coefficient (Wildman–Crippen LogP) is 2.12. The predicted molar refractivity (Wildman–Crippen MR) is 96.6 cm³/mol. The van der Waals surface area contributed by atoms with Gasteiger partial charge in [-0.05, 0) is 20.8 Å². The number of nitrogens with zero attached hydrogens (tertiary/aromatic N) is 2. The summed E-state index contributed by atoms with van der Waals surface area (Å²) in [5.74, 6) is 0.818. The zero-order valence-corrected chi connectivity index (χ0v) is 15.8. The van der Waals surface area contributed by atoms with E-state index in [-0.39, 0.29) is 24.0 Å². The summed E-state index contributed by atoms with van der Waals surface area (Å²) in [7, 11) is 1.78. The molecule has 0 amide bonds. The highest BCUT2D eigenvalue weighted by Crippen LogP contribution is 2.16. The number of thiazole rings is 1. The van der Waals surface area contributed by atoms with Crippen molar-refractivity contribution in [1.29, 1.82) is 0 Å². The largest absolute Gasteiger partial charge is 0.380 e. The van der Waals surface area contributed by atoms with E-state index >= 15 is 0 Å². The van der Waals surface area contributed by atoms with Crippen molar-refractivity contribution >= 4 is 41.3 Å². The molecule has 1 aromatic rings. The molecule has 0 aromatic carbocycles. The second kappa shape index (κ2) is 11.3. The lowest BCUT2D eigenvalue weighted by Gasteiger charge is -2.11. The Morgan fingerprint density at radius 2 is 2.00 bits per heavy atom. The van der Waals surface area contributed by atoms with Crippen molar-refractivity contribution in [1.82, 2.24) is 15.6 Å². The highest BCUT2D eigenvalue weighted by atomic mass is 127. The summed E-state index contributed by atoms with van der Waals surface area (Å²) in [5, 5.41) is 7.64. The van der Waals surface area contributed by atoms with E-state index < -0.39 is 0 Å². The Morgan fingerprint density at radius 1 is 1.30 bits per heavy atom. The Balaban J connectivity index is 0.00000361.